The van der Waals surface area contributed by atoms with E-state index < -0.39 is 11.7 Å². The maximum atomic E-state index is 11.9. The minimum Gasteiger partial charge on any atom is -0.492 e. The van der Waals surface area contributed by atoms with Crippen LogP contribution in [0.1, 0.15) is 69.9 Å². The summed E-state index contributed by atoms with van der Waals surface area (Å²) in [5.41, 5.74) is 3.09. The van der Waals surface area contributed by atoms with E-state index in [-0.39, 0.29) is 6.04 Å². The van der Waals surface area contributed by atoms with Gasteiger partial charge in [-0.05, 0) is 71.4 Å². The predicted octanol–water partition coefficient (Wildman–Crippen LogP) is 5.19. The van der Waals surface area contributed by atoms with E-state index in [0.717, 1.165) is 47.1 Å². The highest BCUT2D eigenvalue weighted by Crippen LogP contribution is 2.34. The molecule has 2 heterocycles. The van der Waals surface area contributed by atoms with Crippen molar-refractivity contribution in [2.45, 2.75) is 59.6 Å². The first-order chi connectivity index (χ1) is 19.1. The third-order valence-electron chi connectivity index (χ3n) is 5.73. The third kappa shape index (κ3) is 8.05. The topological polar surface area (TPSA) is 120 Å². The summed E-state index contributed by atoms with van der Waals surface area (Å²) in [6.07, 6.45) is 0.990. The molecule has 1 aliphatic rings. The minimum atomic E-state index is -0.547. The van der Waals surface area contributed by atoms with E-state index >= 15 is 0 Å². The summed E-state index contributed by atoms with van der Waals surface area (Å²) in [6, 6.07) is 13.4. The molecule has 2 amide bonds. The van der Waals surface area contributed by atoms with Crippen molar-refractivity contribution in [1.82, 2.24) is 25.4 Å². The lowest BCUT2D eigenvalue weighted by Gasteiger charge is -2.19. The van der Waals surface area contributed by atoms with Crippen LogP contribution in [0.2, 0.25) is 5.02 Å². The highest BCUT2D eigenvalue weighted by Gasteiger charge is 2.27. The van der Waals surface area contributed by atoms with Crippen molar-refractivity contribution < 1.29 is 19.1 Å². The van der Waals surface area contributed by atoms with E-state index in [1.165, 1.54) is 0 Å². The molecular formula is C29H37ClN6O4. The molecule has 0 saturated carbocycles. The van der Waals surface area contributed by atoms with Crippen molar-refractivity contribution in [1.29, 1.82) is 0 Å². The van der Waals surface area contributed by atoms with Crippen LogP contribution in [0.5, 0.6) is 5.75 Å². The Hall–Kier alpha value is -3.92. The summed E-state index contributed by atoms with van der Waals surface area (Å²) < 4.78 is 13.3. The van der Waals surface area contributed by atoms with Crippen molar-refractivity contribution in [3.63, 3.8) is 0 Å². The van der Waals surface area contributed by atoms with E-state index in [0.29, 0.717) is 30.3 Å². The average Bonchev–Trinajstić information content (AvgIpc) is 3.22. The monoisotopic (exact) mass is 568 g/mol. The van der Waals surface area contributed by atoms with Gasteiger partial charge in [-0.25, -0.2) is 4.79 Å². The molecule has 1 aromatic heterocycles. The van der Waals surface area contributed by atoms with Crippen molar-refractivity contribution in [2.75, 3.05) is 19.7 Å². The molecule has 40 heavy (non-hydrogen) atoms. The van der Waals surface area contributed by atoms with Crippen LogP contribution in [-0.4, -0.2) is 58.3 Å². The molecule has 2 N–H and O–H groups in total. The van der Waals surface area contributed by atoms with Gasteiger partial charge in [-0.1, -0.05) is 30.7 Å². The number of aryl methyl sites for hydroxylation is 1. The molecule has 0 radical (unpaired) electrons. The van der Waals surface area contributed by atoms with Gasteiger partial charge in [0.1, 0.15) is 29.8 Å². The van der Waals surface area contributed by atoms with Gasteiger partial charge in [0.05, 0.1) is 17.9 Å². The number of hydrogen-bond acceptors (Lipinski definition) is 7. The average molecular weight is 569 g/mol. The maximum Gasteiger partial charge on any atom is 0.407 e. The Morgan fingerprint density at radius 3 is 2.45 bits per heavy atom. The van der Waals surface area contributed by atoms with Crippen LogP contribution in [-0.2, 0) is 9.53 Å². The fourth-order valence-electron chi connectivity index (χ4n) is 4.00. The first-order valence-corrected chi connectivity index (χ1v) is 13.6. The second-order valence-electron chi connectivity index (χ2n) is 9.98. The molecule has 4 rings (SSSR count). The van der Waals surface area contributed by atoms with E-state index in [9.17, 15) is 9.59 Å². The summed E-state index contributed by atoms with van der Waals surface area (Å²) in [6.45, 7) is 12.7. The summed E-state index contributed by atoms with van der Waals surface area (Å²) in [5.74, 6) is 2.27. The number of aliphatic imine (C=N–C) groups is 1. The van der Waals surface area contributed by atoms with E-state index in [1.54, 1.807) is 0 Å². The number of nitrogens with zero attached hydrogens (tertiary/aromatic N) is 4. The van der Waals surface area contributed by atoms with E-state index in [2.05, 4.69) is 32.3 Å². The molecule has 11 heteroatoms. The second kappa shape index (κ2) is 13.9. The highest BCUT2D eigenvalue weighted by atomic mass is 35.5. The Kier molecular flexibility index (Phi) is 10.7. The number of hydrogen-bond donors (Lipinski definition) is 2. The molecule has 3 aromatic rings. The van der Waals surface area contributed by atoms with Gasteiger partial charge in [0.2, 0.25) is 6.41 Å². The Bertz CT molecular complexity index is 1330. The molecule has 1 aliphatic heterocycles. The van der Waals surface area contributed by atoms with Crippen LogP contribution in [0, 0.1) is 6.92 Å². The molecule has 0 saturated heterocycles. The molecule has 10 nitrogen and oxygen atoms in total. The van der Waals surface area contributed by atoms with Gasteiger partial charge < -0.3 is 20.1 Å². The molecule has 0 spiro atoms. The molecule has 0 bridgehead atoms. The normalized spacial score (nSPS) is 13.9. The largest absolute Gasteiger partial charge is 0.492 e. The second-order valence-corrected chi connectivity index (χ2v) is 10.4. The molecule has 0 aliphatic carbocycles. The number of aromatic nitrogens is 3. The Morgan fingerprint density at radius 2 is 1.85 bits per heavy atom. The number of halogens is 1. The fourth-order valence-corrected chi connectivity index (χ4v) is 4.12. The molecule has 2 aromatic carbocycles. The minimum absolute atomic E-state index is 0.142. The van der Waals surface area contributed by atoms with Gasteiger partial charge in [-0.2, -0.15) is 0 Å². The number of alkyl carbamates (subject to hydrolysis) is 1. The predicted molar refractivity (Wildman–Crippen MR) is 156 cm³/mol. The number of fused-ring (bicyclic) bond motifs is 3. The first-order valence-electron chi connectivity index (χ1n) is 13.2. The SMILES string of the molecule is CCNC=O.CC[C@@H]1N=C(c2ccc(Cl)cc2)c2cc(OCCNC(=O)OC(C)(C)C)ccc2-n2c(C)nnc21. The lowest BCUT2D eigenvalue weighted by molar-refractivity contribution is -0.109. The molecule has 214 valence electrons. The smallest absolute Gasteiger partial charge is 0.407 e. The van der Waals surface area contributed by atoms with Gasteiger partial charge in [0, 0.05) is 22.7 Å². The summed E-state index contributed by atoms with van der Waals surface area (Å²) in [5, 5.41) is 14.6. The van der Waals surface area contributed by atoms with E-state index in [4.69, 9.17) is 26.1 Å². The zero-order chi connectivity index (χ0) is 29.3. The standard InChI is InChI=1S/C26H30ClN5O3.C3H7NO/c1-6-21-24-31-30-16(2)32(24)22-12-11-19(34-14-13-28-25(33)35-26(3,4)5)15-20(22)23(29-21)17-7-9-18(27)10-8-17;1-2-4-3-5/h7-12,15,21H,6,13-14H2,1-5H3,(H,28,33);3H,2H2,1H3,(H,4,5)/t21-;/m0./s1. The number of benzene rings is 2. The van der Waals surface area contributed by atoms with Crippen LogP contribution in [0.4, 0.5) is 4.79 Å². The van der Waals surface area contributed by atoms with Crippen LogP contribution in [0.15, 0.2) is 47.5 Å². The summed E-state index contributed by atoms with van der Waals surface area (Å²) in [7, 11) is 0. The number of carbonyl (C=O) groups is 2. The maximum absolute atomic E-state index is 11.9. The van der Waals surface area contributed by atoms with Crippen molar-refractivity contribution in [3.8, 4) is 11.4 Å². The van der Waals surface area contributed by atoms with Crippen LogP contribution >= 0.6 is 11.6 Å². The quantitative estimate of drug-likeness (QED) is 0.285. The van der Waals surface area contributed by atoms with Crippen LogP contribution < -0.4 is 15.4 Å². The van der Waals surface area contributed by atoms with Crippen molar-refractivity contribution >= 4 is 29.8 Å². The highest BCUT2D eigenvalue weighted by molar-refractivity contribution is 6.30. The van der Waals surface area contributed by atoms with Gasteiger partial charge in [-0.3, -0.25) is 14.4 Å². The van der Waals surface area contributed by atoms with Crippen LogP contribution in [0.25, 0.3) is 5.69 Å². The zero-order valence-electron chi connectivity index (χ0n) is 23.8. The van der Waals surface area contributed by atoms with Crippen molar-refractivity contribution in [2.24, 2.45) is 4.99 Å². The van der Waals surface area contributed by atoms with Gasteiger partial charge in [0.15, 0.2) is 5.82 Å². The molecular weight excluding hydrogens is 532 g/mol. The fraction of sp³-hybridized carbons (Fsp3) is 0.414. The summed E-state index contributed by atoms with van der Waals surface area (Å²) >= 11 is 6.15. The molecule has 0 unspecified atom stereocenters. The zero-order valence-corrected chi connectivity index (χ0v) is 24.6. The lowest BCUT2D eigenvalue weighted by Crippen LogP contribution is -2.34. The van der Waals surface area contributed by atoms with Gasteiger partial charge >= 0.3 is 6.09 Å². The van der Waals surface area contributed by atoms with Gasteiger partial charge in [-0.15, -0.1) is 10.2 Å². The van der Waals surface area contributed by atoms with Gasteiger partial charge in [0.25, 0.3) is 0 Å². The Morgan fingerprint density at radius 1 is 1.12 bits per heavy atom. The Balaban J connectivity index is 0.000000810. The number of nitrogens with one attached hydrogen (secondary N) is 2. The van der Waals surface area contributed by atoms with Crippen molar-refractivity contribution in [3.05, 3.63) is 70.3 Å². The lowest BCUT2D eigenvalue weighted by atomic mass is 10.00. The Labute approximate surface area is 240 Å². The number of carbonyl (C=O) groups excluding carboxylic acids is 2. The third-order valence-corrected chi connectivity index (χ3v) is 5.98. The molecule has 1 atom stereocenters. The number of amides is 2. The number of ether oxygens (including phenoxy) is 2. The summed E-state index contributed by atoms with van der Waals surface area (Å²) in [4.78, 5) is 26.3. The first kappa shape index (κ1) is 30.6. The molecule has 0 fully saturated rings. The number of rotatable bonds is 8. The van der Waals surface area contributed by atoms with E-state index in [1.807, 2.05) is 77.1 Å². The van der Waals surface area contributed by atoms with Crippen LogP contribution in [0.3, 0.4) is 0 Å².